The third-order valence-electron chi connectivity index (χ3n) is 4.57. The van der Waals surface area contributed by atoms with Gasteiger partial charge in [0.05, 0.1) is 13.7 Å². The molecule has 0 spiro atoms. The molecule has 2 heterocycles. The number of methoxy groups -OCH3 is 1. The van der Waals surface area contributed by atoms with Gasteiger partial charge in [0.25, 0.3) is 0 Å². The van der Waals surface area contributed by atoms with Crippen molar-refractivity contribution in [2.24, 2.45) is 11.7 Å². The Bertz CT molecular complexity index is 450. The van der Waals surface area contributed by atoms with Crippen LogP contribution in [0, 0.1) is 5.92 Å². The van der Waals surface area contributed by atoms with Crippen LogP contribution in [-0.2, 0) is 0 Å². The monoisotopic (exact) mass is 276 g/mol. The van der Waals surface area contributed by atoms with E-state index in [0.29, 0.717) is 11.8 Å². The maximum Gasteiger partial charge on any atom is 0.126 e. The van der Waals surface area contributed by atoms with Gasteiger partial charge in [-0.3, -0.25) is 0 Å². The summed E-state index contributed by atoms with van der Waals surface area (Å²) < 4.78 is 11.5. The van der Waals surface area contributed by atoms with Crippen LogP contribution in [-0.4, -0.2) is 44.8 Å². The van der Waals surface area contributed by atoms with Gasteiger partial charge in [-0.2, -0.15) is 0 Å². The van der Waals surface area contributed by atoms with Gasteiger partial charge in [-0.25, -0.2) is 0 Å². The van der Waals surface area contributed by atoms with Crippen molar-refractivity contribution in [2.45, 2.75) is 18.8 Å². The number of nitrogens with zero attached hydrogens (tertiary/aromatic N) is 1. The summed E-state index contributed by atoms with van der Waals surface area (Å²) in [6.07, 6.45) is 2.27. The largest absolute Gasteiger partial charge is 0.496 e. The summed E-state index contributed by atoms with van der Waals surface area (Å²) in [4.78, 5) is 2.53. The molecule has 0 bridgehead atoms. The quantitative estimate of drug-likeness (QED) is 0.911. The molecular formula is C16H24N2O2. The normalized spacial score (nSPS) is 25.5. The minimum absolute atomic E-state index is 0.573. The first kappa shape index (κ1) is 13.7. The third-order valence-corrected chi connectivity index (χ3v) is 4.57. The zero-order valence-corrected chi connectivity index (χ0v) is 12.2. The van der Waals surface area contributed by atoms with Gasteiger partial charge in [0.1, 0.15) is 11.5 Å². The van der Waals surface area contributed by atoms with Gasteiger partial charge in [-0.1, -0.05) is 6.07 Å². The van der Waals surface area contributed by atoms with Crippen molar-refractivity contribution in [3.63, 3.8) is 0 Å². The first-order chi connectivity index (χ1) is 9.83. The van der Waals surface area contributed by atoms with E-state index in [2.05, 4.69) is 11.0 Å². The summed E-state index contributed by atoms with van der Waals surface area (Å²) >= 11 is 0. The van der Waals surface area contributed by atoms with E-state index in [4.69, 9.17) is 15.2 Å². The first-order valence-corrected chi connectivity index (χ1v) is 7.55. The highest BCUT2D eigenvalue weighted by Gasteiger charge is 2.37. The number of piperidine rings is 1. The highest BCUT2D eigenvalue weighted by atomic mass is 16.5. The summed E-state index contributed by atoms with van der Waals surface area (Å²) in [7, 11) is 1.75. The lowest BCUT2D eigenvalue weighted by Crippen LogP contribution is -2.44. The van der Waals surface area contributed by atoms with Gasteiger partial charge in [0.15, 0.2) is 0 Å². The molecule has 20 heavy (non-hydrogen) atoms. The highest BCUT2D eigenvalue weighted by Crippen LogP contribution is 2.46. The van der Waals surface area contributed by atoms with Crippen molar-refractivity contribution in [1.82, 2.24) is 4.90 Å². The second-order valence-corrected chi connectivity index (χ2v) is 5.78. The summed E-state index contributed by atoms with van der Waals surface area (Å²) in [6, 6.07) is 6.12. The van der Waals surface area contributed by atoms with Crippen molar-refractivity contribution in [1.29, 1.82) is 0 Å². The Morgan fingerprint density at radius 1 is 1.45 bits per heavy atom. The van der Waals surface area contributed by atoms with Crippen molar-refractivity contribution < 1.29 is 9.47 Å². The molecule has 2 N–H and O–H groups in total. The second-order valence-electron chi connectivity index (χ2n) is 5.78. The lowest BCUT2D eigenvalue weighted by molar-refractivity contribution is 0.0912. The number of hydrogen-bond donors (Lipinski definition) is 1. The van der Waals surface area contributed by atoms with Crippen LogP contribution >= 0.6 is 0 Å². The van der Waals surface area contributed by atoms with Crippen molar-refractivity contribution in [3.8, 4) is 11.5 Å². The van der Waals surface area contributed by atoms with Crippen LogP contribution in [0.2, 0.25) is 0 Å². The Morgan fingerprint density at radius 3 is 3.15 bits per heavy atom. The van der Waals surface area contributed by atoms with Crippen molar-refractivity contribution in [3.05, 3.63) is 23.8 Å². The lowest BCUT2D eigenvalue weighted by atomic mass is 9.78. The maximum atomic E-state index is 5.96. The Balaban J connectivity index is 1.78. The van der Waals surface area contributed by atoms with E-state index in [1.807, 2.05) is 12.1 Å². The molecule has 0 amide bonds. The molecule has 2 atom stereocenters. The van der Waals surface area contributed by atoms with Gasteiger partial charge < -0.3 is 20.1 Å². The van der Waals surface area contributed by atoms with Crippen LogP contribution in [0.3, 0.4) is 0 Å². The average Bonchev–Trinajstić information content (AvgIpc) is 2.51. The van der Waals surface area contributed by atoms with E-state index >= 15 is 0 Å². The van der Waals surface area contributed by atoms with E-state index in [1.54, 1.807) is 7.11 Å². The van der Waals surface area contributed by atoms with Crippen LogP contribution in [0.15, 0.2) is 18.2 Å². The Labute approximate surface area is 120 Å². The predicted octanol–water partition coefficient (Wildman–Crippen LogP) is 1.84. The minimum atomic E-state index is 0.573. The first-order valence-electron chi connectivity index (χ1n) is 7.55. The second kappa shape index (κ2) is 6.02. The Hall–Kier alpha value is -1.26. The molecule has 1 aromatic carbocycles. The molecule has 1 aromatic rings. The van der Waals surface area contributed by atoms with Gasteiger partial charge in [-0.15, -0.1) is 0 Å². The number of nitrogens with two attached hydrogens (primary N) is 1. The Kier molecular flexibility index (Phi) is 4.13. The molecule has 0 saturated carbocycles. The van der Waals surface area contributed by atoms with E-state index in [0.717, 1.165) is 50.7 Å². The number of benzene rings is 1. The smallest absolute Gasteiger partial charge is 0.126 e. The topological polar surface area (TPSA) is 47.7 Å². The Morgan fingerprint density at radius 2 is 2.35 bits per heavy atom. The molecular weight excluding hydrogens is 252 g/mol. The summed E-state index contributed by atoms with van der Waals surface area (Å²) in [5.74, 6) is 3.14. The van der Waals surface area contributed by atoms with E-state index in [9.17, 15) is 0 Å². The molecule has 0 radical (unpaired) electrons. The van der Waals surface area contributed by atoms with Gasteiger partial charge in [0.2, 0.25) is 0 Å². The molecule has 4 heteroatoms. The zero-order valence-electron chi connectivity index (χ0n) is 12.2. The van der Waals surface area contributed by atoms with Crippen LogP contribution in [0.25, 0.3) is 0 Å². The number of ether oxygens (including phenoxy) is 2. The number of fused-ring (bicyclic) bond motifs is 3. The van der Waals surface area contributed by atoms with Crippen LogP contribution in [0.4, 0.5) is 0 Å². The van der Waals surface area contributed by atoms with Crippen molar-refractivity contribution >= 4 is 0 Å². The molecule has 0 aliphatic carbocycles. The molecule has 4 nitrogen and oxygen atoms in total. The average molecular weight is 276 g/mol. The third kappa shape index (κ3) is 2.50. The molecule has 2 aliphatic heterocycles. The number of likely N-dealkylation sites (tertiary alicyclic amines) is 1. The number of hydrogen-bond acceptors (Lipinski definition) is 4. The molecule has 1 saturated heterocycles. The van der Waals surface area contributed by atoms with Crippen LogP contribution in [0.1, 0.15) is 24.3 Å². The molecule has 2 aliphatic rings. The molecule has 1 fully saturated rings. The van der Waals surface area contributed by atoms with E-state index in [-0.39, 0.29) is 0 Å². The van der Waals surface area contributed by atoms with Gasteiger partial charge in [-0.05, 0) is 50.5 Å². The fourth-order valence-corrected chi connectivity index (χ4v) is 3.56. The molecule has 3 rings (SSSR count). The van der Waals surface area contributed by atoms with Gasteiger partial charge in [0, 0.05) is 18.0 Å². The summed E-state index contributed by atoms with van der Waals surface area (Å²) in [6.45, 7) is 4.97. The maximum absolute atomic E-state index is 5.96. The van der Waals surface area contributed by atoms with Gasteiger partial charge >= 0.3 is 0 Å². The minimum Gasteiger partial charge on any atom is -0.496 e. The van der Waals surface area contributed by atoms with E-state index in [1.165, 1.54) is 12.0 Å². The molecule has 0 unspecified atom stereocenters. The van der Waals surface area contributed by atoms with E-state index < -0.39 is 0 Å². The van der Waals surface area contributed by atoms with Crippen molar-refractivity contribution in [2.75, 3.05) is 39.9 Å². The molecule has 110 valence electrons. The number of rotatable bonds is 4. The lowest BCUT2D eigenvalue weighted by Gasteiger charge is -2.42. The zero-order chi connectivity index (χ0) is 13.9. The molecule has 0 aromatic heterocycles. The summed E-state index contributed by atoms with van der Waals surface area (Å²) in [5, 5.41) is 0. The standard InChI is InChI=1S/C16H24N2O2/c1-19-14-4-2-5-15-16(14)13-6-9-18(8-3-7-17)10-12(13)11-20-15/h2,4-5,12-13H,3,6-11,17H2,1H3/t12-,13+/m1/s1. The SMILES string of the molecule is COc1cccc2c1[C@H]1CCN(CCCN)C[C@@H]1CO2. The van der Waals surface area contributed by atoms with Crippen LogP contribution in [0.5, 0.6) is 11.5 Å². The highest BCUT2D eigenvalue weighted by molar-refractivity contribution is 5.49. The van der Waals surface area contributed by atoms with Crippen LogP contribution < -0.4 is 15.2 Å². The fraction of sp³-hybridized carbons (Fsp3) is 0.625. The predicted molar refractivity (Wildman–Crippen MR) is 79.4 cm³/mol. The summed E-state index contributed by atoms with van der Waals surface area (Å²) in [5.41, 5.74) is 6.89. The fourth-order valence-electron chi connectivity index (χ4n) is 3.56.